The zero-order valence-electron chi connectivity index (χ0n) is 24.6. The Bertz CT molecular complexity index is 1470. The molecule has 0 fully saturated rings. The number of aryl methyl sites for hydroxylation is 1. The summed E-state index contributed by atoms with van der Waals surface area (Å²) in [7, 11) is 0. The maximum absolute atomic E-state index is 13.4. The summed E-state index contributed by atoms with van der Waals surface area (Å²) in [5.74, 6) is -2.22. The highest BCUT2D eigenvalue weighted by atomic mass is 16.5. The fourth-order valence-corrected chi connectivity index (χ4v) is 4.48. The number of hydrogen-bond donors (Lipinski definition) is 5. The molecule has 2 heterocycles. The van der Waals surface area contributed by atoms with Crippen molar-refractivity contribution in [2.45, 2.75) is 70.9 Å². The molecule has 0 unspecified atom stereocenters. The normalized spacial score (nSPS) is 20.8. The standard InChI is InChI=1S/C30H37N7O6/c1-18-10-11-24-22(14-18)26(39)34-30(3,4)29(42)33-25(19(2)38)28(41)32-23(15-20-8-6-5-7-9-20)27(40)31-16-21-17-37(36-35-21)12-13-43-24/h5-11,14,17,19,23,25,38H,12-13,15-16H2,1-4H3,(H,31,40)(H,32,41)(H,33,42)(H,34,39)/t19-,23-,25+/m1/s1. The van der Waals surface area contributed by atoms with E-state index in [1.807, 2.05) is 37.3 Å². The fraction of sp³-hybridized carbons (Fsp3) is 0.400. The Morgan fingerprint density at radius 1 is 1.07 bits per heavy atom. The van der Waals surface area contributed by atoms with Crippen LogP contribution in [0.3, 0.4) is 0 Å². The Hall–Kier alpha value is -4.78. The summed E-state index contributed by atoms with van der Waals surface area (Å²) in [4.78, 5) is 53.4. The molecule has 4 amide bonds. The minimum atomic E-state index is -1.50. The quantitative estimate of drug-likeness (QED) is 0.291. The first-order valence-corrected chi connectivity index (χ1v) is 14.0. The molecule has 0 spiro atoms. The topological polar surface area (TPSA) is 177 Å². The number of ether oxygens (including phenoxy) is 1. The number of fused-ring (bicyclic) bond motifs is 3. The van der Waals surface area contributed by atoms with Crippen LogP contribution in [-0.4, -0.2) is 74.1 Å². The van der Waals surface area contributed by atoms with E-state index >= 15 is 0 Å². The highest BCUT2D eigenvalue weighted by Crippen LogP contribution is 2.21. The van der Waals surface area contributed by atoms with Gasteiger partial charge in [0.05, 0.1) is 31.0 Å². The number of carbonyl (C=O) groups excluding carboxylic acids is 4. The fourth-order valence-electron chi connectivity index (χ4n) is 4.48. The van der Waals surface area contributed by atoms with Gasteiger partial charge in [-0.25, -0.2) is 4.68 Å². The summed E-state index contributed by atoms with van der Waals surface area (Å²) in [6.07, 6.45) is 0.501. The molecule has 0 aliphatic carbocycles. The monoisotopic (exact) mass is 591 g/mol. The van der Waals surface area contributed by atoms with Crippen LogP contribution in [0.15, 0.2) is 54.7 Å². The van der Waals surface area contributed by atoms with Gasteiger partial charge in [-0.3, -0.25) is 19.2 Å². The molecule has 1 aromatic heterocycles. The Morgan fingerprint density at radius 3 is 2.53 bits per heavy atom. The molecule has 5 N–H and O–H groups in total. The van der Waals surface area contributed by atoms with E-state index in [1.165, 1.54) is 20.8 Å². The molecular formula is C30H37N7O6. The predicted octanol–water partition coefficient (Wildman–Crippen LogP) is 0.397. The minimum absolute atomic E-state index is 0.0495. The largest absolute Gasteiger partial charge is 0.491 e. The van der Waals surface area contributed by atoms with Gasteiger partial charge in [0.15, 0.2) is 0 Å². The van der Waals surface area contributed by atoms with E-state index in [-0.39, 0.29) is 25.1 Å². The number of rotatable bonds is 3. The van der Waals surface area contributed by atoms with Crippen LogP contribution in [0.5, 0.6) is 5.75 Å². The van der Waals surface area contributed by atoms with Crippen LogP contribution in [0.25, 0.3) is 0 Å². The van der Waals surface area contributed by atoms with Crippen LogP contribution in [0.1, 0.15) is 48.0 Å². The van der Waals surface area contributed by atoms with Crippen molar-refractivity contribution in [3.05, 3.63) is 77.1 Å². The van der Waals surface area contributed by atoms with Gasteiger partial charge in [-0.2, -0.15) is 0 Å². The van der Waals surface area contributed by atoms with Gasteiger partial charge in [0.2, 0.25) is 17.7 Å². The smallest absolute Gasteiger partial charge is 0.255 e. The van der Waals surface area contributed by atoms with Crippen molar-refractivity contribution >= 4 is 23.6 Å². The molecule has 43 heavy (non-hydrogen) atoms. The lowest BCUT2D eigenvalue weighted by Gasteiger charge is -2.30. The molecule has 4 rings (SSSR count). The summed E-state index contributed by atoms with van der Waals surface area (Å²) in [5, 5.41) is 29.3. The number of hydrogen-bond acceptors (Lipinski definition) is 8. The van der Waals surface area contributed by atoms with Gasteiger partial charge < -0.3 is 31.1 Å². The number of aliphatic hydroxyl groups excluding tert-OH is 1. The third-order valence-electron chi connectivity index (χ3n) is 6.95. The number of aliphatic hydroxyl groups is 1. The summed E-state index contributed by atoms with van der Waals surface area (Å²) >= 11 is 0. The number of carbonyl (C=O) groups is 4. The Kier molecular flexibility index (Phi) is 9.76. The first-order chi connectivity index (χ1) is 20.4. The molecule has 0 saturated heterocycles. The lowest BCUT2D eigenvalue weighted by Crippen LogP contribution is -2.62. The SMILES string of the molecule is Cc1ccc2c(c1)C(=O)NC(C)(C)C(=O)N[C@@H]([C@@H](C)O)C(=O)N[C@H](Cc1ccccc1)C(=O)NCc1cn(nn1)CCO2. The molecule has 0 saturated carbocycles. The lowest BCUT2D eigenvalue weighted by atomic mass is 10.0. The maximum Gasteiger partial charge on any atom is 0.255 e. The zero-order valence-corrected chi connectivity index (χ0v) is 24.6. The molecule has 228 valence electrons. The average molecular weight is 592 g/mol. The maximum atomic E-state index is 13.4. The summed E-state index contributed by atoms with van der Waals surface area (Å²) < 4.78 is 7.45. The van der Waals surface area contributed by atoms with Gasteiger partial charge in [0.25, 0.3) is 5.91 Å². The first-order valence-electron chi connectivity index (χ1n) is 14.0. The number of benzene rings is 2. The van der Waals surface area contributed by atoms with E-state index in [4.69, 9.17) is 4.74 Å². The molecule has 3 aromatic rings. The van der Waals surface area contributed by atoms with Crippen molar-refractivity contribution in [1.82, 2.24) is 36.3 Å². The van der Waals surface area contributed by atoms with Crippen LogP contribution < -0.4 is 26.0 Å². The second kappa shape index (κ2) is 13.5. The van der Waals surface area contributed by atoms with Crippen molar-refractivity contribution < 1.29 is 29.0 Å². The Balaban J connectivity index is 1.65. The number of nitrogens with zero attached hydrogens (tertiary/aromatic N) is 3. The van der Waals surface area contributed by atoms with Gasteiger partial charge in [0.1, 0.15) is 35.7 Å². The Labute approximate surface area is 249 Å². The van der Waals surface area contributed by atoms with Crippen LogP contribution in [0.2, 0.25) is 0 Å². The average Bonchev–Trinajstić information content (AvgIpc) is 3.42. The number of nitrogens with one attached hydrogen (secondary N) is 4. The van der Waals surface area contributed by atoms with Crippen molar-refractivity contribution in [3.8, 4) is 5.75 Å². The molecule has 13 heteroatoms. The minimum Gasteiger partial charge on any atom is -0.491 e. The van der Waals surface area contributed by atoms with Gasteiger partial charge in [-0.1, -0.05) is 47.2 Å². The van der Waals surface area contributed by atoms with E-state index < -0.39 is 47.4 Å². The molecule has 1 aliphatic rings. The zero-order chi connectivity index (χ0) is 31.1. The second-order valence-corrected chi connectivity index (χ2v) is 11.1. The van der Waals surface area contributed by atoms with E-state index in [9.17, 15) is 24.3 Å². The third kappa shape index (κ3) is 8.16. The van der Waals surface area contributed by atoms with Crippen LogP contribution in [0, 0.1) is 6.92 Å². The molecular weight excluding hydrogens is 554 g/mol. The highest BCUT2D eigenvalue weighted by molar-refractivity contribution is 6.02. The van der Waals surface area contributed by atoms with Crippen molar-refractivity contribution in [2.24, 2.45) is 0 Å². The van der Waals surface area contributed by atoms with E-state index in [1.54, 1.807) is 29.1 Å². The van der Waals surface area contributed by atoms with Crippen molar-refractivity contribution in [1.29, 1.82) is 0 Å². The molecule has 2 aromatic carbocycles. The van der Waals surface area contributed by atoms with Gasteiger partial charge in [-0.15, -0.1) is 5.10 Å². The van der Waals surface area contributed by atoms with Crippen LogP contribution in [0.4, 0.5) is 0 Å². The molecule has 0 radical (unpaired) electrons. The summed E-state index contributed by atoms with van der Waals surface area (Å²) in [6.45, 7) is 6.67. The van der Waals surface area contributed by atoms with Gasteiger partial charge in [0, 0.05) is 6.42 Å². The number of amides is 4. The van der Waals surface area contributed by atoms with Gasteiger partial charge >= 0.3 is 0 Å². The number of aromatic nitrogens is 3. The molecule has 2 bridgehead atoms. The Morgan fingerprint density at radius 2 is 1.81 bits per heavy atom. The lowest BCUT2D eigenvalue weighted by molar-refractivity contribution is -0.136. The van der Waals surface area contributed by atoms with Crippen LogP contribution in [-0.2, 0) is 33.9 Å². The highest BCUT2D eigenvalue weighted by Gasteiger charge is 2.36. The second-order valence-electron chi connectivity index (χ2n) is 11.1. The van der Waals surface area contributed by atoms with Crippen molar-refractivity contribution in [2.75, 3.05) is 6.61 Å². The van der Waals surface area contributed by atoms with Gasteiger partial charge in [-0.05, 0) is 45.4 Å². The third-order valence-corrected chi connectivity index (χ3v) is 6.95. The first kappa shape index (κ1) is 31.2. The molecule has 13 nitrogen and oxygen atoms in total. The summed E-state index contributed by atoms with van der Waals surface area (Å²) in [5.41, 5.74) is 0.822. The van der Waals surface area contributed by atoms with E-state index in [0.717, 1.165) is 11.1 Å². The van der Waals surface area contributed by atoms with E-state index in [2.05, 4.69) is 31.6 Å². The van der Waals surface area contributed by atoms with Crippen LogP contribution >= 0.6 is 0 Å². The molecule has 3 atom stereocenters. The molecule has 1 aliphatic heterocycles. The predicted molar refractivity (Wildman–Crippen MR) is 156 cm³/mol. The summed E-state index contributed by atoms with van der Waals surface area (Å²) in [6, 6.07) is 11.8. The van der Waals surface area contributed by atoms with Crippen molar-refractivity contribution in [3.63, 3.8) is 0 Å². The van der Waals surface area contributed by atoms with E-state index in [0.29, 0.717) is 18.0 Å².